The minimum atomic E-state index is 0.278. The van der Waals surface area contributed by atoms with E-state index in [1.807, 2.05) is 18.2 Å². The maximum Gasteiger partial charge on any atom is 0.161 e. The van der Waals surface area contributed by atoms with Crippen LogP contribution in [-0.2, 0) is 11.4 Å². The van der Waals surface area contributed by atoms with Crippen molar-refractivity contribution in [2.75, 3.05) is 33.9 Å². The highest BCUT2D eigenvalue weighted by atomic mass is 16.6. The van der Waals surface area contributed by atoms with Crippen LogP contribution in [0.4, 0.5) is 0 Å². The Hall–Kier alpha value is -1.79. The van der Waals surface area contributed by atoms with Gasteiger partial charge in [-0.15, -0.1) is 0 Å². The Labute approximate surface area is 118 Å². The van der Waals surface area contributed by atoms with Gasteiger partial charge in [-0.05, 0) is 17.7 Å². The standard InChI is InChI=1S/C14H21N3O3/c1-18-13-4-3-10(5-14(13)19-2)9-20-17-12-8-16-7-11(12)6-15/h3-5,11,16H,6-9,15H2,1-2H3/b17-12+. The van der Waals surface area contributed by atoms with Crippen LogP contribution in [0.3, 0.4) is 0 Å². The molecule has 1 unspecified atom stereocenters. The summed E-state index contributed by atoms with van der Waals surface area (Å²) in [6.07, 6.45) is 0. The van der Waals surface area contributed by atoms with Crippen LogP contribution >= 0.6 is 0 Å². The Morgan fingerprint density at radius 3 is 2.80 bits per heavy atom. The van der Waals surface area contributed by atoms with Gasteiger partial charge in [0.1, 0.15) is 6.61 Å². The molecule has 1 aromatic carbocycles. The third-order valence-corrected chi connectivity index (χ3v) is 3.31. The van der Waals surface area contributed by atoms with E-state index < -0.39 is 0 Å². The lowest BCUT2D eigenvalue weighted by molar-refractivity contribution is 0.129. The van der Waals surface area contributed by atoms with Crippen LogP contribution in [0.5, 0.6) is 11.5 Å². The number of ether oxygens (including phenoxy) is 2. The summed E-state index contributed by atoms with van der Waals surface area (Å²) < 4.78 is 10.4. The number of hydrogen-bond acceptors (Lipinski definition) is 6. The van der Waals surface area contributed by atoms with Crippen LogP contribution in [0, 0.1) is 5.92 Å². The summed E-state index contributed by atoms with van der Waals surface area (Å²) in [5.41, 5.74) is 7.62. The van der Waals surface area contributed by atoms with Crippen molar-refractivity contribution in [3.8, 4) is 11.5 Å². The van der Waals surface area contributed by atoms with Gasteiger partial charge in [0.2, 0.25) is 0 Å². The van der Waals surface area contributed by atoms with Crippen LogP contribution < -0.4 is 20.5 Å². The third-order valence-electron chi connectivity index (χ3n) is 3.31. The fourth-order valence-corrected chi connectivity index (χ4v) is 2.12. The van der Waals surface area contributed by atoms with Crippen molar-refractivity contribution < 1.29 is 14.3 Å². The molecular formula is C14H21N3O3. The SMILES string of the molecule is COc1ccc(CO/N=C2\CNCC2CN)cc1OC. The average molecular weight is 279 g/mol. The zero-order chi connectivity index (χ0) is 14.4. The highest BCUT2D eigenvalue weighted by molar-refractivity contribution is 5.90. The first-order chi connectivity index (χ1) is 9.78. The largest absolute Gasteiger partial charge is 0.493 e. The second-order valence-electron chi connectivity index (χ2n) is 4.61. The smallest absolute Gasteiger partial charge is 0.161 e. The molecule has 0 radical (unpaired) electrons. The van der Waals surface area contributed by atoms with E-state index >= 15 is 0 Å². The lowest BCUT2D eigenvalue weighted by atomic mass is 10.1. The van der Waals surface area contributed by atoms with Gasteiger partial charge < -0.3 is 25.4 Å². The molecule has 1 fully saturated rings. The van der Waals surface area contributed by atoms with Gasteiger partial charge >= 0.3 is 0 Å². The van der Waals surface area contributed by atoms with Crippen LogP contribution in [0.15, 0.2) is 23.4 Å². The van der Waals surface area contributed by atoms with Crippen LogP contribution in [0.2, 0.25) is 0 Å². The molecule has 1 aliphatic heterocycles. The summed E-state index contributed by atoms with van der Waals surface area (Å²) in [7, 11) is 3.22. The van der Waals surface area contributed by atoms with Crippen molar-refractivity contribution in [2.24, 2.45) is 16.8 Å². The summed E-state index contributed by atoms with van der Waals surface area (Å²) in [5, 5.41) is 7.40. The zero-order valence-electron chi connectivity index (χ0n) is 11.9. The summed E-state index contributed by atoms with van der Waals surface area (Å²) in [6, 6.07) is 5.66. The normalized spacial score (nSPS) is 20.1. The molecule has 0 aliphatic carbocycles. The van der Waals surface area contributed by atoms with Crippen molar-refractivity contribution in [3.63, 3.8) is 0 Å². The monoisotopic (exact) mass is 279 g/mol. The number of rotatable bonds is 6. The molecule has 6 heteroatoms. The second kappa shape index (κ2) is 7.12. The Morgan fingerprint density at radius 1 is 1.30 bits per heavy atom. The van der Waals surface area contributed by atoms with Gasteiger partial charge in [0.05, 0.1) is 19.9 Å². The van der Waals surface area contributed by atoms with Gasteiger partial charge in [-0.1, -0.05) is 11.2 Å². The molecule has 2 rings (SSSR count). The maximum absolute atomic E-state index is 5.67. The molecule has 1 atom stereocenters. The highest BCUT2D eigenvalue weighted by Gasteiger charge is 2.21. The summed E-state index contributed by atoms with van der Waals surface area (Å²) in [4.78, 5) is 5.40. The molecule has 0 bridgehead atoms. The number of hydrogen-bond donors (Lipinski definition) is 2. The van der Waals surface area contributed by atoms with Gasteiger partial charge in [-0.3, -0.25) is 0 Å². The number of nitrogens with one attached hydrogen (secondary N) is 1. The fraction of sp³-hybridized carbons (Fsp3) is 0.500. The Bertz CT molecular complexity index is 477. The van der Waals surface area contributed by atoms with Crippen molar-refractivity contribution in [3.05, 3.63) is 23.8 Å². The van der Waals surface area contributed by atoms with Gasteiger partial charge in [-0.25, -0.2) is 0 Å². The van der Waals surface area contributed by atoms with E-state index in [1.54, 1.807) is 14.2 Å². The van der Waals surface area contributed by atoms with E-state index in [1.165, 1.54) is 0 Å². The Balaban J connectivity index is 1.95. The first-order valence-corrected chi connectivity index (χ1v) is 6.59. The van der Waals surface area contributed by atoms with Crippen LogP contribution in [0.1, 0.15) is 5.56 Å². The summed E-state index contributed by atoms with van der Waals surface area (Å²) in [6.45, 7) is 2.59. The minimum Gasteiger partial charge on any atom is -0.493 e. The minimum absolute atomic E-state index is 0.278. The fourth-order valence-electron chi connectivity index (χ4n) is 2.12. The molecule has 1 aliphatic rings. The second-order valence-corrected chi connectivity index (χ2v) is 4.61. The molecule has 1 aromatic rings. The van der Waals surface area contributed by atoms with Gasteiger partial charge in [-0.2, -0.15) is 0 Å². The predicted molar refractivity (Wildman–Crippen MR) is 77.2 cm³/mol. The Kier molecular flexibility index (Phi) is 5.20. The van der Waals surface area contributed by atoms with Crippen molar-refractivity contribution in [1.29, 1.82) is 0 Å². The molecule has 0 saturated carbocycles. The van der Waals surface area contributed by atoms with Crippen molar-refractivity contribution >= 4 is 5.71 Å². The van der Waals surface area contributed by atoms with E-state index in [-0.39, 0.29) is 5.92 Å². The number of nitrogens with two attached hydrogens (primary N) is 1. The van der Waals surface area contributed by atoms with Crippen molar-refractivity contribution in [2.45, 2.75) is 6.61 Å². The molecule has 1 heterocycles. The van der Waals surface area contributed by atoms with Gasteiger partial charge in [0.25, 0.3) is 0 Å². The summed E-state index contributed by atoms with van der Waals surface area (Å²) in [5.74, 6) is 1.66. The molecule has 0 amide bonds. The third kappa shape index (κ3) is 3.40. The zero-order valence-corrected chi connectivity index (χ0v) is 11.9. The van der Waals surface area contributed by atoms with E-state index in [2.05, 4.69) is 10.5 Å². The maximum atomic E-state index is 5.67. The van der Waals surface area contributed by atoms with E-state index in [0.29, 0.717) is 24.7 Å². The van der Waals surface area contributed by atoms with Crippen LogP contribution in [-0.4, -0.2) is 39.6 Å². The quantitative estimate of drug-likeness (QED) is 0.752. The molecule has 3 N–H and O–H groups in total. The topological polar surface area (TPSA) is 78.1 Å². The van der Waals surface area contributed by atoms with Gasteiger partial charge in [0, 0.05) is 25.6 Å². The molecule has 20 heavy (non-hydrogen) atoms. The number of benzene rings is 1. The van der Waals surface area contributed by atoms with E-state index in [4.69, 9.17) is 20.0 Å². The number of nitrogens with zero attached hydrogens (tertiary/aromatic N) is 1. The van der Waals surface area contributed by atoms with E-state index in [0.717, 1.165) is 24.4 Å². The van der Waals surface area contributed by atoms with Gasteiger partial charge in [0.15, 0.2) is 11.5 Å². The molecule has 110 valence electrons. The summed E-state index contributed by atoms with van der Waals surface area (Å²) >= 11 is 0. The molecular weight excluding hydrogens is 258 g/mol. The predicted octanol–water partition coefficient (Wildman–Crippen LogP) is 0.755. The number of oxime groups is 1. The Morgan fingerprint density at radius 2 is 2.10 bits per heavy atom. The van der Waals surface area contributed by atoms with Crippen LogP contribution in [0.25, 0.3) is 0 Å². The molecule has 0 spiro atoms. The molecule has 6 nitrogen and oxygen atoms in total. The van der Waals surface area contributed by atoms with E-state index in [9.17, 15) is 0 Å². The molecule has 0 aromatic heterocycles. The first-order valence-electron chi connectivity index (χ1n) is 6.59. The molecule has 1 saturated heterocycles. The first kappa shape index (κ1) is 14.6. The lowest BCUT2D eigenvalue weighted by Gasteiger charge is -2.09. The lowest BCUT2D eigenvalue weighted by Crippen LogP contribution is -2.22. The number of methoxy groups -OCH3 is 2. The average Bonchev–Trinajstić information content (AvgIpc) is 2.94. The van der Waals surface area contributed by atoms with Crippen molar-refractivity contribution in [1.82, 2.24) is 5.32 Å². The highest BCUT2D eigenvalue weighted by Crippen LogP contribution is 2.27.